The Labute approximate surface area is 104 Å². The van der Waals surface area contributed by atoms with Crippen molar-refractivity contribution < 1.29 is 57.5 Å². The number of halogens is 10. The highest BCUT2D eigenvalue weighted by Crippen LogP contribution is 2.40. The first-order valence-corrected chi connectivity index (χ1v) is 5.32. The molecule has 0 bridgehead atoms. The Morgan fingerprint density at radius 2 is 0.900 bits per heavy atom. The Kier molecular flexibility index (Phi) is 5.77. The molecule has 0 aliphatic heterocycles. The van der Waals surface area contributed by atoms with E-state index in [2.05, 4.69) is 9.05 Å². The number of alkyl halides is 10. The molecule has 14 heteroatoms. The lowest BCUT2D eigenvalue weighted by Gasteiger charge is -2.17. The lowest BCUT2D eigenvalue weighted by molar-refractivity contribution is -0.293. The fraction of sp³-hybridized carbons (Fsp3) is 1.00. The van der Waals surface area contributed by atoms with Crippen molar-refractivity contribution in [3.63, 3.8) is 0 Å². The second kappa shape index (κ2) is 5.98. The van der Waals surface area contributed by atoms with Crippen LogP contribution in [0.4, 0.5) is 43.9 Å². The van der Waals surface area contributed by atoms with Gasteiger partial charge in [0.1, 0.15) is 0 Å². The van der Waals surface area contributed by atoms with Crippen molar-refractivity contribution in [2.75, 3.05) is 13.2 Å². The molecule has 0 radical (unpaired) electrons. The minimum Gasteiger partial charge on any atom is -0.193 e. The second-order valence-electron chi connectivity index (χ2n) is 3.17. The van der Waals surface area contributed by atoms with Gasteiger partial charge in [0, 0.05) is 4.57 Å². The molecular formula is C6H4F10O3P+. The van der Waals surface area contributed by atoms with Crippen molar-refractivity contribution in [1.82, 2.24) is 0 Å². The van der Waals surface area contributed by atoms with Crippen LogP contribution in [0.15, 0.2) is 0 Å². The van der Waals surface area contributed by atoms with Gasteiger partial charge >= 0.3 is 32.5 Å². The maximum atomic E-state index is 12.2. The van der Waals surface area contributed by atoms with Gasteiger partial charge in [-0.15, -0.1) is 9.05 Å². The summed E-state index contributed by atoms with van der Waals surface area (Å²) < 4.78 is 135. The van der Waals surface area contributed by atoms with Crippen LogP contribution in [0.25, 0.3) is 0 Å². The zero-order valence-electron chi connectivity index (χ0n) is 8.87. The van der Waals surface area contributed by atoms with Crippen LogP contribution in [0.1, 0.15) is 0 Å². The number of hydrogen-bond acceptors (Lipinski definition) is 3. The van der Waals surface area contributed by atoms with Gasteiger partial charge in [-0.1, -0.05) is 0 Å². The minimum atomic E-state index is -6.07. The van der Waals surface area contributed by atoms with Crippen LogP contribution in [-0.2, 0) is 13.6 Å². The molecule has 0 atom stereocenters. The fourth-order valence-electron chi connectivity index (χ4n) is 0.468. The van der Waals surface area contributed by atoms with Gasteiger partial charge in [-0.05, 0) is 0 Å². The van der Waals surface area contributed by atoms with E-state index in [0.717, 1.165) is 0 Å². The topological polar surface area (TPSA) is 35.5 Å². The van der Waals surface area contributed by atoms with E-state index in [9.17, 15) is 48.5 Å². The summed E-state index contributed by atoms with van der Waals surface area (Å²) in [5, 5.41) is 0. The van der Waals surface area contributed by atoms with Gasteiger partial charge in [0.15, 0.2) is 13.2 Å². The first-order valence-electron chi connectivity index (χ1n) is 4.22. The maximum Gasteiger partial charge on any atom is 0.697 e. The van der Waals surface area contributed by atoms with Crippen LogP contribution in [0.3, 0.4) is 0 Å². The van der Waals surface area contributed by atoms with E-state index >= 15 is 0 Å². The highest BCUT2D eigenvalue weighted by molar-refractivity contribution is 7.33. The van der Waals surface area contributed by atoms with E-state index in [4.69, 9.17) is 0 Å². The molecule has 0 unspecified atom stereocenters. The smallest absolute Gasteiger partial charge is 0.193 e. The molecule has 0 saturated carbocycles. The molecule has 0 aromatic heterocycles. The summed E-state index contributed by atoms with van der Waals surface area (Å²) in [7, 11) is -4.01. The van der Waals surface area contributed by atoms with Crippen molar-refractivity contribution in [1.29, 1.82) is 0 Å². The summed E-state index contributed by atoms with van der Waals surface area (Å²) in [5.74, 6) is -10.9. The van der Waals surface area contributed by atoms with Crippen LogP contribution in [0.5, 0.6) is 0 Å². The molecule has 0 saturated heterocycles. The van der Waals surface area contributed by atoms with Crippen molar-refractivity contribution in [2.45, 2.75) is 24.2 Å². The first-order chi connectivity index (χ1) is 8.60. The molecule has 0 aliphatic rings. The van der Waals surface area contributed by atoms with Gasteiger partial charge < -0.3 is 0 Å². The average molecular weight is 345 g/mol. The molecule has 120 valence electrons. The summed E-state index contributed by atoms with van der Waals surface area (Å²) in [5.41, 5.74) is 0. The number of rotatable bonds is 6. The van der Waals surface area contributed by atoms with Crippen LogP contribution in [0.2, 0.25) is 0 Å². The fourth-order valence-corrected chi connectivity index (χ4v) is 1.08. The standard InChI is InChI=1S/C6H4F10O3P/c7-3(8,5(11,12)13)1-18-20(17)19-2-4(9,10)6(14,15)16/h1-2H2/q+1. The van der Waals surface area contributed by atoms with Crippen LogP contribution < -0.4 is 0 Å². The molecule has 0 heterocycles. The van der Waals surface area contributed by atoms with Gasteiger partial charge in [0.25, 0.3) is 0 Å². The second-order valence-corrected chi connectivity index (χ2v) is 4.14. The third-order valence-electron chi connectivity index (χ3n) is 1.53. The Bertz CT molecular complexity index is 316. The highest BCUT2D eigenvalue weighted by atomic mass is 31.1. The Morgan fingerprint density at radius 1 is 0.650 bits per heavy atom. The molecule has 0 spiro atoms. The third kappa shape index (κ3) is 5.37. The highest BCUT2D eigenvalue weighted by Gasteiger charge is 2.61. The normalized spacial score (nSPS) is 14.5. The van der Waals surface area contributed by atoms with Gasteiger partial charge in [-0.2, -0.15) is 43.9 Å². The van der Waals surface area contributed by atoms with E-state index < -0.39 is 45.7 Å². The molecule has 20 heavy (non-hydrogen) atoms. The molecule has 0 rings (SSSR count). The zero-order chi connectivity index (χ0) is 16.4. The quantitative estimate of drug-likeness (QED) is 0.538. The van der Waals surface area contributed by atoms with Crippen molar-refractivity contribution in [3.05, 3.63) is 0 Å². The molecule has 3 nitrogen and oxygen atoms in total. The predicted octanol–water partition coefficient (Wildman–Crippen LogP) is 4.07. The molecule has 0 aromatic rings. The van der Waals surface area contributed by atoms with Crippen LogP contribution in [-0.4, -0.2) is 37.4 Å². The zero-order valence-corrected chi connectivity index (χ0v) is 9.76. The predicted molar refractivity (Wildman–Crippen MR) is 41.5 cm³/mol. The molecule has 0 amide bonds. The van der Waals surface area contributed by atoms with E-state index in [1.165, 1.54) is 0 Å². The molecule has 0 aromatic carbocycles. The van der Waals surface area contributed by atoms with Crippen molar-refractivity contribution in [3.8, 4) is 0 Å². The Morgan fingerprint density at radius 3 is 1.10 bits per heavy atom. The van der Waals surface area contributed by atoms with E-state index in [0.29, 0.717) is 0 Å². The van der Waals surface area contributed by atoms with Gasteiger partial charge in [-0.25, -0.2) is 0 Å². The lowest BCUT2D eigenvalue weighted by Crippen LogP contribution is -2.41. The van der Waals surface area contributed by atoms with E-state index in [1.54, 1.807) is 0 Å². The molecule has 0 fully saturated rings. The van der Waals surface area contributed by atoms with E-state index in [-0.39, 0.29) is 0 Å². The third-order valence-corrected chi connectivity index (χ3v) is 2.21. The average Bonchev–Trinajstić information content (AvgIpc) is 2.20. The van der Waals surface area contributed by atoms with Crippen LogP contribution in [0, 0.1) is 0 Å². The van der Waals surface area contributed by atoms with Crippen molar-refractivity contribution >= 4 is 8.25 Å². The summed E-state index contributed by atoms with van der Waals surface area (Å²) in [6.45, 7) is -5.10. The van der Waals surface area contributed by atoms with Gasteiger partial charge in [-0.3, -0.25) is 0 Å². The largest absolute Gasteiger partial charge is 0.697 e. The van der Waals surface area contributed by atoms with Crippen LogP contribution >= 0.6 is 8.25 Å². The Balaban J connectivity index is 4.35. The van der Waals surface area contributed by atoms with Gasteiger partial charge in [0.2, 0.25) is 0 Å². The summed E-state index contributed by atoms with van der Waals surface area (Å²) in [6.07, 6.45) is -12.1. The van der Waals surface area contributed by atoms with E-state index in [1.807, 2.05) is 0 Å². The molecular weight excluding hydrogens is 341 g/mol. The minimum absolute atomic E-state index is 2.55. The summed E-state index contributed by atoms with van der Waals surface area (Å²) in [6, 6.07) is 0. The molecule has 0 aliphatic carbocycles. The first kappa shape index (κ1) is 19.3. The molecule has 0 N–H and O–H groups in total. The number of hydrogen-bond donors (Lipinski definition) is 0. The monoisotopic (exact) mass is 345 g/mol. The SMILES string of the molecule is O=[P+](OCC(F)(F)C(F)(F)F)OCC(F)(F)C(F)(F)F. The summed E-state index contributed by atoms with van der Waals surface area (Å²) in [4.78, 5) is 0. The van der Waals surface area contributed by atoms with Crippen molar-refractivity contribution in [2.24, 2.45) is 0 Å². The maximum absolute atomic E-state index is 12.2. The summed E-state index contributed by atoms with van der Waals surface area (Å²) >= 11 is 0. The van der Waals surface area contributed by atoms with Gasteiger partial charge in [0.05, 0.1) is 0 Å². The lowest BCUT2D eigenvalue weighted by atomic mass is 10.3. The Hall–Kier alpha value is -0.680.